The molecule has 1 rings (SSSR count). The largest absolute Gasteiger partial charge is 0.379 e. The highest BCUT2D eigenvalue weighted by Crippen LogP contribution is 2.07. The van der Waals surface area contributed by atoms with E-state index in [9.17, 15) is 0 Å². The van der Waals surface area contributed by atoms with E-state index in [1.54, 1.807) is 6.08 Å². The Labute approximate surface area is 66.4 Å². The Morgan fingerprint density at radius 1 is 1.50 bits per heavy atom. The van der Waals surface area contributed by atoms with Gasteiger partial charge < -0.3 is 4.74 Å². The standard InChI is InChI=1S/C7H12ClNO/c1-2-7(8)9-3-5-10-6-4-9/h2,7H,1,3-6H2. The second-order valence-electron chi connectivity index (χ2n) is 2.26. The van der Waals surface area contributed by atoms with Gasteiger partial charge in [0.25, 0.3) is 0 Å². The molecule has 0 aliphatic carbocycles. The Morgan fingerprint density at radius 3 is 2.60 bits per heavy atom. The Bertz CT molecular complexity index is 112. The van der Waals surface area contributed by atoms with E-state index in [2.05, 4.69) is 11.5 Å². The summed E-state index contributed by atoms with van der Waals surface area (Å²) in [6, 6.07) is 0. The molecule has 1 aliphatic heterocycles. The number of rotatable bonds is 2. The lowest BCUT2D eigenvalue weighted by molar-refractivity contribution is 0.0377. The van der Waals surface area contributed by atoms with E-state index in [-0.39, 0.29) is 5.50 Å². The van der Waals surface area contributed by atoms with Crippen LogP contribution in [0.3, 0.4) is 0 Å². The molecule has 1 heterocycles. The summed E-state index contributed by atoms with van der Waals surface area (Å²) in [6.45, 7) is 7.03. The molecule has 58 valence electrons. The molecule has 1 atom stereocenters. The smallest absolute Gasteiger partial charge is 0.104 e. The summed E-state index contributed by atoms with van der Waals surface area (Å²) in [5.41, 5.74) is -0.0242. The highest BCUT2D eigenvalue weighted by molar-refractivity contribution is 6.21. The van der Waals surface area contributed by atoms with Gasteiger partial charge in [-0.05, 0) is 0 Å². The fourth-order valence-electron chi connectivity index (χ4n) is 0.973. The second-order valence-corrected chi connectivity index (χ2v) is 2.70. The predicted octanol–water partition coefficient (Wildman–Crippen LogP) is 1.07. The molecule has 0 aromatic rings. The van der Waals surface area contributed by atoms with Crippen molar-refractivity contribution in [3.63, 3.8) is 0 Å². The van der Waals surface area contributed by atoms with Gasteiger partial charge in [-0.2, -0.15) is 0 Å². The summed E-state index contributed by atoms with van der Waals surface area (Å²) < 4.78 is 5.16. The van der Waals surface area contributed by atoms with Crippen LogP contribution < -0.4 is 0 Å². The molecule has 3 heteroatoms. The zero-order chi connectivity index (χ0) is 7.40. The van der Waals surface area contributed by atoms with Crippen LogP contribution in [0, 0.1) is 0 Å². The van der Waals surface area contributed by atoms with E-state index < -0.39 is 0 Å². The molecule has 1 unspecified atom stereocenters. The SMILES string of the molecule is C=CC(Cl)N1CCOCC1. The third kappa shape index (κ3) is 1.97. The average molecular weight is 162 g/mol. The van der Waals surface area contributed by atoms with Crippen LogP contribution in [0.1, 0.15) is 0 Å². The Hall–Kier alpha value is -0.0500. The molecule has 1 aliphatic rings. The van der Waals surface area contributed by atoms with Crippen LogP contribution in [0.2, 0.25) is 0 Å². The van der Waals surface area contributed by atoms with Gasteiger partial charge in [-0.1, -0.05) is 6.08 Å². The van der Waals surface area contributed by atoms with E-state index in [1.165, 1.54) is 0 Å². The molecule has 0 aromatic carbocycles. The Kier molecular flexibility index (Phi) is 3.19. The maximum Gasteiger partial charge on any atom is 0.104 e. The maximum absolute atomic E-state index is 5.90. The molecule has 10 heavy (non-hydrogen) atoms. The first kappa shape index (κ1) is 8.05. The normalized spacial score (nSPS) is 24.1. The molecule has 2 nitrogen and oxygen atoms in total. The molecule has 1 fully saturated rings. The number of hydrogen-bond donors (Lipinski definition) is 0. The number of alkyl halides is 1. The van der Waals surface area contributed by atoms with Gasteiger partial charge in [0.1, 0.15) is 5.50 Å². The van der Waals surface area contributed by atoms with Crippen LogP contribution in [0.4, 0.5) is 0 Å². The van der Waals surface area contributed by atoms with E-state index in [1.807, 2.05) is 0 Å². The second kappa shape index (κ2) is 3.96. The van der Waals surface area contributed by atoms with Gasteiger partial charge >= 0.3 is 0 Å². The van der Waals surface area contributed by atoms with E-state index in [4.69, 9.17) is 16.3 Å². The van der Waals surface area contributed by atoms with Crippen LogP contribution in [0.25, 0.3) is 0 Å². The highest BCUT2D eigenvalue weighted by atomic mass is 35.5. The minimum absolute atomic E-state index is 0.0242. The summed E-state index contributed by atoms with van der Waals surface area (Å²) in [7, 11) is 0. The van der Waals surface area contributed by atoms with Crippen molar-refractivity contribution in [2.24, 2.45) is 0 Å². The minimum Gasteiger partial charge on any atom is -0.379 e. The van der Waals surface area contributed by atoms with Crippen LogP contribution >= 0.6 is 11.6 Å². The van der Waals surface area contributed by atoms with Gasteiger partial charge in [-0.3, -0.25) is 4.90 Å². The van der Waals surface area contributed by atoms with Crippen molar-refractivity contribution in [3.05, 3.63) is 12.7 Å². The lowest BCUT2D eigenvalue weighted by Gasteiger charge is -2.28. The molecular weight excluding hydrogens is 150 g/mol. The first-order valence-corrected chi connectivity index (χ1v) is 3.86. The lowest BCUT2D eigenvalue weighted by Crippen LogP contribution is -2.40. The number of morpholine rings is 1. The van der Waals surface area contributed by atoms with Crippen molar-refractivity contribution in [1.82, 2.24) is 4.90 Å². The molecule has 0 radical (unpaired) electrons. The van der Waals surface area contributed by atoms with Crippen molar-refractivity contribution in [1.29, 1.82) is 0 Å². The zero-order valence-electron chi connectivity index (χ0n) is 5.92. The van der Waals surface area contributed by atoms with Gasteiger partial charge in [0.2, 0.25) is 0 Å². The molecule has 1 saturated heterocycles. The third-order valence-electron chi connectivity index (χ3n) is 1.59. The average Bonchev–Trinajstić information content (AvgIpc) is 2.05. The van der Waals surface area contributed by atoms with Gasteiger partial charge in [-0.15, -0.1) is 18.2 Å². The molecule has 0 spiro atoms. The van der Waals surface area contributed by atoms with Crippen LogP contribution in [0.15, 0.2) is 12.7 Å². The molecular formula is C7H12ClNO. The Morgan fingerprint density at radius 2 is 2.10 bits per heavy atom. The maximum atomic E-state index is 5.90. The number of hydrogen-bond acceptors (Lipinski definition) is 2. The quantitative estimate of drug-likeness (QED) is 0.341. The Balaban J connectivity index is 2.30. The van der Waals surface area contributed by atoms with Crippen molar-refractivity contribution in [2.45, 2.75) is 5.50 Å². The summed E-state index contributed by atoms with van der Waals surface area (Å²) in [4.78, 5) is 2.14. The first-order chi connectivity index (χ1) is 4.84. The fourth-order valence-corrected chi connectivity index (χ4v) is 1.17. The highest BCUT2D eigenvalue weighted by Gasteiger charge is 2.14. The summed E-state index contributed by atoms with van der Waals surface area (Å²) in [6.07, 6.45) is 1.74. The summed E-state index contributed by atoms with van der Waals surface area (Å²) >= 11 is 5.90. The van der Waals surface area contributed by atoms with E-state index in [0.29, 0.717) is 0 Å². The zero-order valence-corrected chi connectivity index (χ0v) is 6.68. The first-order valence-electron chi connectivity index (χ1n) is 3.43. The number of nitrogens with zero attached hydrogens (tertiary/aromatic N) is 1. The van der Waals surface area contributed by atoms with Gasteiger partial charge in [0.05, 0.1) is 13.2 Å². The molecule has 0 bridgehead atoms. The van der Waals surface area contributed by atoms with Gasteiger partial charge in [0.15, 0.2) is 0 Å². The van der Waals surface area contributed by atoms with Crippen molar-refractivity contribution < 1.29 is 4.74 Å². The van der Waals surface area contributed by atoms with Gasteiger partial charge in [-0.25, -0.2) is 0 Å². The fraction of sp³-hybridized carbons (Fsp3) is 0.714. The minimum atomic E-state index is -0.0242. The molecule has 0 saturated carbocycles. The topological polar surface area (TPSA) is 12.5 Å². The monoisotopic (exact) mass is 161 g/mol. The predicted molar refractivity (Wildman–Crippen MR) is 42.2 cm³/mol. The van der Waals surface area contributed by atoms with E-state index >= 15 is 0 Å². The van der Waals surface area contributed by atoms with Crippen LogP contribution in [-0.2, 0) is 4.74 Å². The molecule has 0 N–H and O–H groups in total. The summed E-state index contributed by atoms with van der Waals surface area (Å²) in [5, 5.41) is 0. The third-order valence-corrected chi connectivity index (χ3v) is 2.04. The number of ether oxygens (including phenoxy) is 1. The van der Waals surface area contributed by atoms with Crippen LogP contribution in [0.5, 0.6) is 0 Å². The number of halogens is 1. The van der Waals surface area contributed by atoms with Crippen molar-refractivity contribution in [2.75, 3.05) is 26.3 Å². The molecule has 0 amide bonds. The van der Waals surface area contributed by atoms with E-state index in [0.717, 1.165) is 26.3 Å². The van der Waals surface area contributed by atoms with Crippen molar-refractivity contribution in [3.8, 4) is 0 Å². The molecule has 0 aromatic heterocycles. The van der Waals surface area contributed by atoms with Crippen LogP contribution in [-0.4, -0.2) is 36.7 Å². The van der Waals surface area contributed by atoms with Crippen molar-refractivity contribution >= 4 is 11.6 Å². The van der Waals surface area contributed by atoms with Gasteiger partial charge in [0, 0.05) is 13.1 Å². The summed E-state index contributed by atoms with van der Waals surface area (Å²) in [5.74, 6) is 0. The lowest BCUT2D eigenvalue weighted by atomic mass is 10.4.